The lowest BCUT2D eigenvalue weighted by Crippen LogP contribution is -3.24. The minimum absolute atomic E-state index is 0.772. The monoisotopic (exact) mass is 253 g/mol. The third-order valence-electron chi connectivity index (χ3n) is 5.05. The van der Waals surface area contributed by atoms with E-state index >= 15 is 0 Å². The van der Waals surface area contributed by atoms with Crippen LogP contribution in [0.3, 0.4) is 0 Å². The van der Waals surface area contributed by atoms with Gasteiger partial charge in [0, 0.05) is 19.3 Å². The molecule has 106 valence electrons. The van der Waals surface area contributed by atoms with Crippen molar-refractivity contribution in [1.82, 2.24) is 5.32 Å². The van der Waals surface area contributed by atoms with E-state index in [9.17, 15) is 0 Å². The molecule has 0 radical (unpaired) electrons. The Morgan fingerprint density at radius 2 is 1.67 bits per heavy atom. The van der Waals surface area contributed by atoms with Gasteiger partial charge in [0.15, 0.2) is 0 Å². The average molecular weight is 253 g/mol. The quantitative estimate of drug-likeness (QED) is 0.769. The Hall–Kier alpha value is -0.0800. The summed E-state index contributed by atoms with van der Waals surface area (Å²) in [6.07, 6.45) is 11.6. The fourth-order valence-electron chi connectivity index (χ4n) is 4.10. The van der Waals surface area contributed by atoms with E-state index in [0.717, 1.165) is 11.5 Å². The Kier molecular flexibility index (Phi) is 5.50. The van der Waals surface area contributed by atoms with E-state index in [1.54, 1.807) is 0 Å². The van der Waals surface area contributed by atoms with E-state index in [1.165, 1.54) is 77.5 Å². The van der Waals surface area contributed by atoms with Gasteiger partial charge >= 0.3 is 0 Å². The molecule has 0 amide bonds. The highest BCUT2D eigenvalue weighted by atomic mass is 15.3. The lowest BCUT2D eigenvalue weighted by atomic mass is 9.78. The first-order valence-electron chi connectivity index (χ1n) is 8.29. The summed E-state index contributed by atoms with van der Waals surface area (Å²) in [6, 6.07) is 0. The molecule has 3 aliphatic rings. The van der Waals surface area contributed by atoms with E-state index in [1.807, 2.05) is 4.90 Å². The van der Waals surface area contributed by atoms with Gasteiger partial charge in [-0.05, 0) is 31.8 Å². The van der Waals surface area contributed by atoms with Crippen molar-refractivity contribution < 1.29 is 4.90 Å². The maximum Gasteiger partial charge on any atom is 0.104 e. The molecule has 2 N–H and O–H groups in total. The van der Waals surface area contributed by atoms with Crippen LogP contribution in [0.5, 0.6) is 0 Å². The molecule has 0 aromatic heterocycles. The van der Waals surface area contributed by atoms with Crippen molar-refractivity contribution >= 4 is 0 Å². The Morgan fingerprint density at radius 3 is 2.17 bits per heavy atom. The van der Waals surface area contributed by atoms with Gasteiger partial charge in [-0.2, -0.15) is 0 Å². The molecule has 3 saturated heterocycles. The van der Waals surface area contributed by atoms with Gasteiger partial charge in [-0.25, -0.2) is 0 Å². The molecule has 0 spiro atoms. The third-order valence-corrected chi connectivity index (χ3v) is 5.05. The highest BCUT2D eigenvalue weighted by Gasteiger charge is 2.52. The van der Waals surface area contributed by atoms with Crippen LogP contribution in [0.1, 0.15) is 65.2 Å². The van der Waals surface area contributed by atoms with Gasteiger partial charge in [-0.3, -0.25) is 0 Å². The third kappa shape index (κ3) is 3.71. The van der Waals surface area contributed by atoms with Crippen molar-refractivity contribution in [2.45, 2.75) is 70.8 Å². The Bertz CT molecular complexity index is 220. The van der Waals surface area contributed by atoms with Crippen molar-refractivity contribution in [2.24, 2.45) is 5.92 Å². The molecule has 2 unspecified atom stereocenters. The Labute approximate surface area is 114 Å². The first kappa shape index (κ1) is 14.3. The minimum atomic E-state index is 0.772. The molecule has 0 aromatic carbocycles. The van der Waals surface area contributed by atoms with Crippen molar-refractivity contribution in [3.8, 4) is 0 Å². The van der Waals surface area contributed by atoms with Crippen LogP contribution in [0.4, 0.5) is 0 Å². The van der Waals surface area contributed by atoms with E-state index in [0.29, 0.717) is 0 Å². The summed E-state index contributed by atoms with van der Waals surface area (Å²) >= 11 is 0. The maximum absolute atomic E-state index is 3.35. The molecule has 3 heterocycles. The molecule has 3 aliphatic heterocycles. The summed E-state index contributed by atoms with van der Waals surface area (Å²) in [5, 5.41) is 3.35. The second-order valence-electron chi connectivity index (χ2n) is 7.00. The van der Waals surface area contributed by atoms with E-state index < -0.39 is 0 Å². The van der Waals surface area contributed by atoms with Crippen molar-refractivity contribution in [3.05, 3.63) is 0 Å². The number of hydrogen-bond donors (Lipinski definition) is 2. The van der Waals surface area contributed by atoms with Crippen LogP contribution >= 0.6 is 0 Å². The van der Waals surface area contributed by atoms with E-state index in [2.05, 4.69) is 19.2 Å². The molecule has 0 saturated carbocycles. The molecular weight excluding hydrogens is 220 g/mol. The van der Waals surface area contributed by atoms with Gasteiger partial charge in [0.1, 0.15) is 5.54 Å². The number of fused-ring (bicyclic) bond motifs is 1. The van der Waals surface area contributed by atoms with Crippen molar-refractivity contribution in [1.29, 1.82) is 0 Å². The molecule has 2 atom stereocenters. The largest absolute Gasteiger partial charge is 0.330 e. The second-order valence-corrected chi connectivity index (χ2v) is 7.00. The molecule has 3 rings (SSSR count). The maximum atomic E-state index is 3.35. The van der Waals surface area contributed by atoms with E-state index in [4.69, 9.17) is 0 Å². The second kappa shape index (κ2) is 6.91. The van der Waals surface area contributed by atoms with Gasteiger partial charge in [-0.15, -0.1) is 0 Å². The zero-order valence-electron chi connectivity index (χ0n) is 12.6. The summed E-state index contributed by atoms with van der Waals surface area (Å²) in [7, 11) is 0. The molecule has 3 fully saturated rings. The van der Waals surface area contributed by atoms with Crippen molar-refractivity contribution in [3.63, 3.8) is 0 Å². The summed E-state index contributed by atoms with van der Waals surface area (Å²) in [5.74, 6) is 0.906. The fourth-order valence-corrected chi connectivity index (χ4v) is 4.10. The SMILES string of the molecule is C1CCCNCC1.CC(C)CC12CCC[NH+]1CC2. The lowest BCUT2D eigenvalue weighted by molar-refractivity contribution is -0.984. The first-order chi connectivity index (χ1) is 8.73. The fraction of sp³-hybridized carbons (Fsp3) is 1.00. The summed E-state index contributed by atoms with van der Waals surface area (Å²) < 4.78 is 0. The van der Waals surface area contributed by atoms with Gasteiger partial charge in [0.25, 0.3) is 0 Å². The van der Waals surface area contributed by atoms with Crippen LogP contribution in [-0.2, 0) is 0 Å². The minimum Gasteiger partial charge on any atom is -0.330 e. The van der Waals surface area contributed by atoms with Crippen LogP contribution in [-0.4, -0.2) is 31.7 Å². The number of hydrogen-bond acceptors (Lipinski definition) is 1. The zero-order chi connectivity index (χ0) is 12.8. The molecule has 2 nitrogen and oxygen atoms in total. The van der Waals surface area contributed by atoms with E-state index in [-0.39, 0.29) is 0 Å². The molecule has 0 bridgehead atoms. The Balaban J connectivity index is 0.000000149. The van der Waals surface area contributed by atoms with Crippen LogP contribution in [0.25, 0.3) is 0 Å². The topological polar surface area (TPSA) is 16.5 Å². The number of rotatable bonds is 2. The number of quaternary nitrogens is 1. The Morgan fingerprint density at radius 1 is 0.944 bits per heavy atom. The highest BCUT2D eigenvalue weighted by Crippen LogP contribution is 2.30. The van der Waals surface area contributed by atoms with Gasteiger partial charge in [0.2, 0.25) is 0 Å². The summed E-state index contributed by atoms with van der Waals surface area (Å²) in [6.45, 7) is 10.2. The first-order valence-corrected chi connectivity index (χ1v) is 8.29. The zero-order valence-corrected chi connectivity index (χ0v) is 12.6. The summed E-state index contributed by atoms with van der Waals surface area (Å²) in [4.78, 5) is 1.92. The average Bonchev–Trinajstić information content (AvgIpc) is 2.58. The van der Waals surface area contributed by atoms with Crippen LogP contribution in [0, 0.1) is 5.92 Å². The normalized spacial score (nSPS) is 35.2. The highest BCUT2D eigenvalue weighted by molar-refractivity contribution is 4.89. The predicted molar refractivity (Wildman–Crippen MR) is 78.1 cm³/mol. The van der Waals surface area contributed by atoms with Gasteiger partial charge in [0.05, 0.1) is 19.5 Å². The van der Waals surface area contributed by atoms with Crippen molar-refractivity contribution in [2.75, 3.05) is 26.2 Å². The smallest absolute Gasteiger partial charge is 0.104 e. The molecule has 18 heavy (non-hydrogen) atoms. The van der Waals surface area contributed by atoms with Gasteiger partial charge < -0.3 is 10.2 Å². The molecule has 0 aromatic rings. The molecular formula is C16H33N2+. The lowest BCUT2D eigenvalue weighted by Gasteiger charge is -2.45. The van der Waals surface area contributed by atoms with Crippen LogP contribution in [0.15, 0.2) is 0 Å². The van der Waals surface area contributed by atoms with Crippen LogP contribution < -0.4 is 10.2 Å². The number of nitrogens with one attached hydrogen (secondary N) is 2. The standard InChI is InChI=1S/C10H19N.C6H13N/c1-9(2)8-10-4-3-6-11(10)7-5-10;1-2-4-6-7-5-3-1/h9H,3-8H2,1-2H3;7H,1-6H2/p+1. The predicted octanol–water partition coefficient (Wildman–Crippen LogP) is 2.00. The molecule has 2 heteroatoms. The molecule has 0 aliphatic carbocycles. The summed E-state index contributed by atoms with van der Waals surface area (Å²) in [5.41, 5.74) is 0.772. The van der Waals surface area contributed by atoms with Gasteiger partial charge in [-0.1, -0.05) is 26.7 Å². The van der Waals surface area contributed by atoms with Crippen LogP contribution in [0.2, 0.25) is 0 Å².